The Labute approximate surface area is 184 Å². The van der Waals surface area contributed by atoms with Crippen molar-refractivity contribution in [1.82, 2.24) is 16.0 Å². The maximum atomic E-state index is 12.5. The summed E-state index contributed by atoms with van der Waals surface area (Å²) in [5, 5.41) is 16.3. The van der Waals surface area contributed by atoms with Gasteiger partial charge in [-0.15, -0.1) is 0 Å². The Morgan fingerprint density at radius 2 is 1.40 bits per heavy atom. The summed E-state index contributed by atoms with van der Waals surface area (Å²) >= 11 is 2.94. The number of amides is 4. The smallest absolute Gasteiger partial charge is 0.326 e. The van der Waals surface area contributed by atoms with Crippen molar-refractivity contribution in [1.29, 1.82) is 0 Å². The molecule has 0 aliphatic heterocycles. The average Bonchev–Trinajstić information content (AvgIpc) is 2.67. The number of carbonyl (C=O) groups excluding carboxylic acids is 4. The maximum Gasteiger partial charge on any atom is 0.326 e. The van der Waals surface area contributed by atoms with Crippen LogP contribution in [0.1, 0.15) is 26.2 Å². The summed E-state index contributed by atoms with van der Waals surface area (Å²) < 4.78 is 0. The number of thioether (sulfide) groups is 2. The van der Waals surface area contributed by atoms with Gasteiger partial charge in [-0.05, 0) is 43.8 Å². The Balaban J connectivity index is 4.99. The van der Waals surface area contributed by atoms with Crippen LogP contribution in [0.25, 0.3) is 0 Å². The van der Waals surface area contributed by atoms with Gasteiger partial charge in [0.15, 0.2) is 0 Å². The lowest BCUT2D eigenvalue weighted by Gasteiger charge is -2.23. The number of rotatable bonds is 15. The highest BCUT2D eigenvalue weighted by molar-refractivity contribution is 7.98. The molecular weight excluding hydrogens is 434 g/mol. The second kappa shape index (κ2) is 14.9. The molecule has 0 aromatic carbocycles. The van der Waals surface area contributed by atoms with Crippen LogP contribution < -0.4 is 27.4 Å². The van der Waals surface area contributed by atoms with Crippen molar-refractivity contribution in [3.8, 4) is 0 Å². The second-order valence-corrected chi connectivity index (χ2v) is 8.50. The number of primary amides is 1. The summed E-state index contributed by atoms with van der Waals surface area (Å²) in [5.41, 5.74) is 10.9. The van der Waals surface area contributed by atoms with Crippen LogP contribution >= 0.6 is 23.5 Å². The van der Waals surface area contributed by atoms with Gasteiger partial charge in [-0.2, -0.15) is 23.5 Å². The van der Waals surface area contributed by atoms with Crippen molar-refractivity contribution in [3.63, 3.8) is 0 Å². The molecule has 30 heavy (non-hydrogen) atoms. The zero-order valence-electron chi connectivity index (χ0n) is 17.3. The van der Waals surface area contributed by atoms with E-state index < -0.39 is 60.2 Å². The van der Waals surface area contributed by atoms with E-state index in [4.69, 9.17) is 11.5 Å². The molecule has 4 unspecified atom stereocenters. The van der Waals surface area contributed by atoms with Crippen molar-refractivity contribution in [3.05, 3.63) is 0 Å². The van der Waals surface area contributed by atoms with Crippen LogP contribution in [0.15, 0.2) is 0 Å². The lowest BCUT2D eigenvalue weighted by molar-refractivity contribution is -0.142. The molecule has 4 atom stereocenters. The van der Waals surface area contributed by atoms with E-state index in [1.165, 1.54) is 30.4 Å². The molecule has 8 N–H and O–H groups in total. The minimum atomic E-state index is -1.31. The molecule has 0 aromatic rings. The summed E-state index contributed by atoms with van der Waals surface area (Å²) in [7, 11) is 0. The SMILES string of the molecule is CSCCC(N)C(=O)NC(CC(N)=O)C(=O)NC(C)C(=O)NC(CCSC)C(=O)O. The van der Waals surface area contributed by atoms with Gasteiger partial charge in [0.1, 0.15) is 18.1 Å². The molecule has 0 radical (unpaired) electrons. The Hall–Kier alpha value is -1.99. The fourth-order valence-corrected chi connectivity index (χ4v) is 3.20. The topological polar surface area (TPSA) is 194 Å². The fraction of sp³-hybridized carbons (Fsp3) is 0.706. The van der Waals surface area contributed by atoms with Crippen molar-refractivity contribution in [2.75, 3.05) is 24.0 Å². The van der Waals surface area contributed by atoms with Crippen LogP contribution in [0.5, 0.6) is 0 Å². The van der Waals surface area contributed by atoms with E-state index in [2.05, 4.69) is 16.0 Å². The molecule has 0 aliphatic rings. The molecule has 0 bridgehead atoms. The lowest BCUT2D eigenvalue weighted by Crippen LogP contribution is -2.57. The number of nitrogens with two attached hydrogens (primary N) is 2. The summed E-state index contributed by atoms with van der Waals surface area (Å²) in [6, 6.07) is -4.38. The van der Waals surface area contributed by atoms with E-state index in [1.54, 1.807) is 0 Å². The highest BCUT2D eigenvalue weighted by Gasteiger charge is 2.29. The van der Waals surface area contributed by atoms with Crippen LogP contribution in [0.4, 0.5) is 0 Å². The molecule has 11 nitrogen and oxygen atoms in total. The van der Waals surface area contributed by atoms with E-state index >= 15 is 0 Å². The third kappa shape index (κ3) is 11.3. The van der Waals surface area contributed by atoms with Crippen LogP contribution in [0.2, 0.25) is 0 Å². The van der Waals surface area contributed by atoms with Crippen molar-refractivity contribution >= 4 is 53.1 Å². The molecule has 0 saturated carbocycles. The first-order chi connectivity index (χ1) is 14.0. The zero-order chi connectivity index (χ0) is 23.3. The molecule has 4 amide bonds. The first-order valence-electron chi connectivity index (χ1n) is 9.19. The van der Waals surface area contributed by atoms with E-state index in [9.17, 15) is 29.1 Å². The van der Waals surface area contributed by atoms with E-state index in [1.807, 2.05) is 12.5 Å². The zero-order valence-corrected chi connectivity index (χ0v) is 18.9. The van der Waals surface area contributed by atoms with Gasteiger partial charge in [0, 0.05) is 0 Å². The number of nitrogens with one attached hydrogen (secondary N) is 3. The van der Waals surface area contributed by atoms with Gasteiger partial charge in [0.25, 0.3) is 0 Å². The van der Waals surface area contributed by atoms with Crippen molar-refractivity contribution in [2.45, 2.75) is 50.4 Å². The number of hydrogen-bond acceptors (Lipinski definition) is 8. The number of hydrogen-bond donors (Lipinski definition) is 6. The van der Waals surface area contributed by atoms with Crippen LogP contribution in [0.3, 0.4) is 0 Å². The molecule has 0 spiro atoms. The van der Waals surface area contributed by atoms with E-state index in [0.29, 0.717) is 17.9 Å². The van der Waals surface area contributed by atoms with E-state index in [-0.39, 0.29) is 6.42 Å². The van der Waals surface area contributed by atoms with Crippen molar-refractivity contribution < 1.29 is 29.1 Å². The quantitative estimate of drug-likeness (QED) is 0.163. The standard InChI is InChI=1S/C17H31N5O6S2/c1-9(14(24)21-11(17(27)28)5-7-30-3)20-16(26)12(8-13(19)23)22-15(25)10(18)4-6-29-2/h9-12H,4-8,18H2,1-3H3,(H2,19,23)(H,20,26)(H,21,24)(H,22,25)(H,27,28). The summed E-state index contributed by atoms with van der Waals surface area (Å²) in [6.45, 7) is 1.36. The third-order valence-corrected chi connectivity index (χ3v) is 5.27. The van der Waals surface area contributed by atoms with Gasteiger partial charge in [-0.3, -0.25) is 19.2 Å². The Bertz CT molecular complexity index is 621. The van der Waals surface area contributed by atoms with Gasteiger partial charge < -0.3 is 32.5 Å². The Morgan fingerprint density at radius 3 is 1.90 bits per heavy atom. The molecule has 0 aliphatic carbocycles. The molecule has 13 heteroatoms. The Kier molecular flexibility index (Phi) is 13.9. The average molecular weight is 466 g/mol. The molecule has 0 rings (SSSR count). The maximum absolute atomic E-state index is 12.5. The van der Waals surface area contributed by atoms with E-state index in [0.717, 1.165) is 0 Å². The molecule has 0 aromatic heterocycles. The minimum Gasteiger partial charge on any atom is -0.480 e. The summed E-state index contributed by atoms with van der Waals surface area (Å²) in [6.07, 6.45) is 3.79. The second-order valence-electron chi connectivity index (χ2n) is 6.53. The van der Waals surface area contributed by atoms with Crippen molar-refractivity contribution in [2.24, 2.45) is 11.5 Å². The van der Waals surface area contributed by atoms with Gasteiger partial charge in [0.05, 0.1) is 12.5 Å². The Morgan fingerprint density at radius 1 is 0.867 bits per heavy atom. The predicted molar refractivity (Wildman–Crippen MR) is 117 cm³/mol. The monoisotopic (exact) mass is 465 g/mol. The normalized spacial score (nSPS) is 14.7. The first kappa shape index (κ1) is 28.0. The minimum absolute atomic E-state index is 0.219. The number of aliphatic carboxylic acids is 1. The summed E-state index contributed by atoms with van der Waals surface area (Å²) in [5.74, 6) is -2.98. The van der Waals surface area contributed by atoms with Gasteiger partial charge in [-0.25, -0.2) is 4.79 Å². The van der Waals surface area contributed by atoms with Crippen LogP contribution in [-0.2, 0) is 24.0 Å². The molecule has 0 saturated heterocycles. The van der Waals surface area contributed by atoms with Gasteiger partial charge >= 0.3 is 5.97 Å². The molecule has 0 heterocycles. The van der Waals surface area contributed by atoms with Gasteiger partial charge in [-0.1, -0.05) is 0 Å². The highest BCUT2D eigenvalue weighted by atomic mass is 32.2. The fourth-order valence-electron chi connectivity index (χ4n) is 2.23. The molecule has 0 fully saturated rings. The highest BCUT2D eigenvalue weighted by Crippen LogP contribution is 2.03. The number of carbonyl (C=O) groups is 5. The first-order valence-corrected chi connectivity index (χ1v) is 12.0. The van der Waals surface area contributed by atoms with Crippen LogP contribution in [-0.4, -0.2) is 82.9 Å². The van der Waals surface area contributed by atoms with Gasteiger partial charge in [0.2, 0.25) is 23.6 Å². The number of carboxylic acid groups (broad SMARTS) is 1. The molecule has 172 valence electrons. The lowest BCUT2D eigenvalue weighted by atomic mass is 10.1. The number of carboxylic acids is 1. The predicted octanol–water partition coefficient (Wildman–Crippen LogP) is -1.75. The largest absolute Gasteiger partial charge is 0.480 e. The molecular formula is C17H31N5O6S2. The van der Waals surface area contributed by atoms with Crippen LogP contribution in [0, 0.1) is 0 Å². The summed E-state index contributed by atoms with van der Waals surface area (Å²) in [4.78, 5) is 59.4. The third-order valence-electron chi connectivity index (χ3n) is 3.99.